The molecule has 7 nitrogen and oxygen atoms in total. The Labute approximate surface area is 204 Å². The van der Waals surface area contributed by atoms with Crippen LogP contribution < -0.4 is 24.8 Å². The summed E-state index contributed by atoms with van der Waals surface area (Å²) in [6.45, 7) is 3.49. The number of benzene rings is 3. The van der Waals surface area contributed by atoms with Crippen molar-refractivity contribution in [2.45, 2.75) is 18.9 Å². The molecule has 2 atom stereocenters. The highest BCUT2D eigenvalue weighted by Gasteiger charge is 2.21. The van der Waals surface area contributed by atoms with E-state index < -0.39 is 6.04 Å². The number of rotatable bonds is 8. The summed E-state index contributed by atoms with van der Waals surface area (Å²) in [5.74, 6) is 2.08. The van der Waals surface area contributed by atoms with Gasteiger partial charge < -0.3 is 29.8 Å². The number of amides is 1. The minimum atomic E-state index is -0.408. The zero-order valence-electron chi connectivity index (χ0n) is 19.8. The van der Waals surface area contributed by atoms with Crippen LogP contribution in [-0.4, -0.2) is 43.8 Å². The molecule has 1 aliphatic heterocycles. The zero-order valence-corrected chi connectivity index (χ0v) is 19.8. The van der Waals surface area contributed by atoms with Crippen LogP contribution in [0.3, 0.4) is 0 Å². The molecule has 0 saturated carbocycles. The zero-order chi connectivity index (χ0) is 24.2. The Morgan fingerprint density at radius 1 is 1.03 bits per heavy atom. The summed E-state index contributed by atoms with van der Waals surface area (Å²) in [5.41, 5.74) is 4.09. The first-order valence-corrected chi connectivity index (χ1v) is 11.8. The van der Waals surface area contributed by atoms with E-state index in [1.807, 2.05) is 43.3 Å². The molecule has 3 N–H and O–H groups in total. The van der Waals surface area contributed by atoms with E-state index in [1.54, 1.807) is 13.2 Å². The predicted molar refractivity (Wildman–Crippen MR) is 137 cm³/mol. The van der Waals surface area contributed by atoms with E-state index in [0.717, 1.165) is 16.8 Å². The smallest absolute Gasteiger partial charge is 0.241 e. The molecule has 0 saturated heterocycles. The minimum Gasteiger partial charge on any atom is -0.497 e. The van der Waals surface area contributed by atoms with E-state index >= 15 is 0 Å². The van der Waals surface area contributed by atoms with E-state index in [1.165, 1.54) is 10.9 Å². The first-order chi connectivity index (χ1) is 17.1. The number of hydrogen-bond acceptors (Lipinski definition) is 5. The van der Waals surface area contributed by atoms with E-state index in [9.17, 15) is 4.79 Å². The average Bonchev–Trinajstić information content (AvgIpc) is 3.33. The number of ether oxygens (including phenoxy) is 3. The molecule has 0 aliphatic carbocycles. The van der Waals surface area contributed by atoms with Gasteiger partial charge in [-0.2, -0.15) is 0 Å². The predicted octanol–water partition coefficient (Wildman–Crippen LogP) is 4.70. The first-order valence-electron chi connectivity index (χ1n) is 11.8. The van der Waals surface area contributed by atoms with Crippen LogP contribution >= 0.6 is 0 Å². The molecule has 1 aromatic heterocycles. The van der Waals surface area contributed by atoms with E-state index in [2.05, 4.69) is 46.1 Å². The van der Waals surface area contributed by atoms with Gasteiger partial charge in [-0.05, 0) is 48.4 Å². The first kappa shape index (κ1) is 22.8. The fourth-order valence-electron chi connectivity index (χ4n) is 4.38. The van der Waals surface area contributed by atoms with Gasteiger partial charge in [-0.3, -0.25) is 4.79 Å². The molecule has 0 unspecified atom stereocenters. The number of H-pyrrole nitrogens is 1. The third-order valence-corrected chi connectivity index (χ3v) is 6.35. The van der Waals surface area contributed by atoms with Gasteiger partial charge in [0.25, 0.3) is 0 Å². The van der Waals surface area contributed by atoms with Gasteiger partial charge in [-0.25, -0.2) is 0 Å². The van der Waals surface area contributed by atoms with Crippen molar-refractivity contribution < 1.29 is 19.0 Å². The number of aromatic nitrogens is 1. The molecule has 35 heavy (non-hydrogen) atoms. The summed E-state index contributed by atoms with van der Waals surface area (Å²) in [7, 11) is 1.66. The molecular formula is C28H29N3O4. The fraction of sp³-hybridized carbons (Fsp3) is 0.250. The van der Waals surface area contributed by atoms with Crippen molar-refractivity contribution in [3.63, 3.8) is 0 Å². The largest absolute Gasteiger partial charge is 0.497 e. The maximum absolute atomic E-state index is 12.9. The molecule has 0 bridgehead atoms. The maximum Gasteiger partial charge on any atom is 0.241 e. The Morgan fingerprint density at radius 2 is 1.80 bits per heavy atom. The summed E-state index contributed by atoms with van der Waals surface area (Å²) in [6.07, 6.45) is 2.06. The summed E-state index contributed by atoms with van der Waals surface area (Å²) >= 11 is 0. The van der Waals surface area contributed by atoms with Crippen LogP contribution in [0.4, 0.5) is 5.69 Å². The van der Waals surface area contributed by atoms with Crippen molar-refractivity contribution in [3.05, 3.63) is 84.1 Å². The van der Waals surface area contributed by atoms with Crippen LogP contribution in [0.5, 0.6) is 17.2 Å². The highest BCUT2D eigenvalue weighted by Crippen LogP contribution is 2.33. The molecule has 0 fully saturated rings. The Hall–Kier alpha value is -3.97. The van der Waals surface area contributed by atoms with Gasteiger partial charge in [-0.15, -0.1) is 0 Å². The number of carbonyl (C=O) groups is 1. The SMILES string of the molecule is COc1ccc([C@@H](CN[C@H](C)C(=O)Nc2ccc3c(c2)OCCO3)c2c[nH]c3ccccc23)cc1. The third-order valence-electron chi connectivity index (χ3n) is 6.35. The van der Waals surface area contributed by atoms with Gasteiger partial charge >= 0.3 is 0 Å². The van der Waals surface area contributed by atoms with Gasteiger partial charge in [0, 0.05) is 41.3 Å². The molecule has 0 radical (unpaired) electrons. The third kappa shape index (κ3) is 4.95. The lowest BCUT2D eigenvalue weighted by molar-refractivity contribution is -0.117. The van der Waals surface area contributed by atoms with E-state index in [0.29, 0.717) is 36.9 Å². The van der Waals surface area contributed by atoms with Crippen LogP contribution in [0.15, 0.2) is 72.9 Å². The van der Waals surface area contributed by atoms with Crippen LogP contribution in [0.25, 0.3) is 10.9 Å². The van der Waals surface area contributed by atoms with Crippen LogP contribution in [-0.2, 0) is 4.79 Å². The number of para-hydroxylation sites is 1. The number of methoxy groups -OCH3 is 1. The molecule has 3 aromatic carbocycles. The van der Waals surface area contributed by atoms with Gasteiger partial charge in [0.05, 0.1) is 13.2 Å². The van der Waals surface area contributed by atoms with Crippen molar-refractivity contribution in [2.75, 3.05) is 32.2 Å². The Kier molecular flexibility index (Phi) is 6.59. The van der Waals surface area contributed by atoms with Gasteiger partial charge in [0.1, 0.15) is 19.0 Å². The van der Waals surface area contributed by atoms with Crippen molar-refractivity contribution in [1.29, 1.82) is 0 Å². The molecule has 4 aromatic rings. The van der Waals surface area contributed by atoms with Gasteiger partial charge in [-0.1, -0.05) is 30.3 Å². The standard InChI is InChI=1S/C28H29N3O4/c1-18(28(32)31-20-9-12-26-27(15-20)35-14-13-34-26)29-16-23(19-7-10-21(33-2)11-8-19)24-17-30-25-6-4-3-5-22(24)25/h3-12,15,17-18,23,29-30H,13-14,16H2,1-2H3,(H,31,32)/t18-,23-/m1/s1. The molecular weight excluding hydrogens is 442 g/mol. The summed E-state index contributed by atoms with van der Waals surface area (Å²) in [5, 5.41) is 7.58. The molecule has 1 amide bonds. The molecule has 5 rings (SSSR count). The van der Waals surface area contributed by atoms with E-state index in [4.69, 9.17) is 14.2 Å². The number of aromatic amines is 1. The van der Waals surface area contributed by atoms with Gasteiger partial charge in [0.15, 0.2) is 11.5 Å². The quantitative estimate of drug-likeness (QED) is 0.347. The average molecular weight is 472 g/mol. The van der Waals surface area contributed by atoms with Crippen LogP contribution in [0.2, 0.25) is 0 Å². The lowest BCUT2D eigenvalue weighted by atomic mass is 9.90. The minimum absolute atomic E-state index is 0.0431. The second kappa shape index (κ2) is 10.1. The lowest BCUT2D eigenvalue weighted by Gasteiger charge is -2.22. The Bertz CT molecular complexity index is 1320. The number of hydrogen-bond donors (Lipinski definition) is 3. The molecule has 2 heterocycles. The highest BCUT2D eigenvalue weighted by atomic mass is 16.6. The van der Waals surface area contributed by atoms with E-state index in [-0.39, 0.29) is 11.8 Å². The number of fused-ring (bicyclic) bond motifs is 2. The molecule has 180 valence electrons. The van der Waals surface area contributed by atoms with Crippen LogP contribution in [0.1, 0.15) is 24.0 Å². The summed E-state index contributed by atoms with van der Waals surface area (Å²) in [6, 6.07) is 21.4. The van der Waals surface area contributed by atoms with Crippen LogP contribution in [0, 0.1) is 0 Å². The lowest BCUT2D eigenvalue weighted by Crippen LogP contribution is -2.40. The van der Waals surface area contributed by atoms with Crippen molar-refractivity contribution in [3.8, 4) is 17.2 Å². The van der Waals surface area contributed by atoms with Gasteiger partial charge in [0.2, 0.25) is 5.91 Å². The summed E-state index contributed by atoms with van der Waals surface area (Å²) < 4.78 is 16.5. The monoisotopic (exact) mass is 471 g/mol. The normalized spacial score (nSPS) is 14.3. The second-order valence-corrected chi connectivity index (χ2v) is 8.59. The topological polar surface area (TPSA) is 84.6 Å². The second-order valence-electron chi connectivity index (χ2n) is 8.59. The molecule has 0 spiro atoms. The molecule has 7 heteroatoms. The Balaban J connectivity index is 1.32. The Morgan fingerprint density at radius 3 is 2.60 bits per heavy atom. The molecule has 1 aliphatic rings. The highest BCUT2D eigenvalue weighted by molar-refractivity contribution is 5.95. The number of carbonyl (C=O) groups excluding carboxylic acids is 1. The van der Waals surface area contributed by atoms with Crippen molar-refractivity contribution in [1.82, 2.24) is 10.3 Å². The number of nitrogens with one attached hydrogen (secondary N) is 3. The van der Waals surface area contributed by atoms with Crippen molar-refractivity contribution >= 4 is 22.5 Å². The number of anilines is 1. The summed E-state index contributed by atoms with van der Waals surface area (Å²) in [4.78, 5) is 16.3. The fourth-order valence-corrected chi connectivity index (χ4v) is 4.38. The maximum atomic E-state index is 12.9. The van der Waals surface area contributed by atoms with Crippen molar-refractivity contribution in [2.24, 2.45) is 0 Å².